The van der Waals surface area contributed by atoms with E-state index in [1.807, 2.05) is 36.0 Å². The molecule has 26 heavy (non-hydrogen) atoms. The van der Waals surface area contributed by atoms with Gasteiger partial charge in [0.2, 0.25) is 5.91 Å². The standard InChI is InChI=1S/C19H21N5OS/c25-19(14-24-18-4-2-1-3-17(18)21-22-24)20-13-15-5-7-16(8-6-15)23-9-11-26-12-10-23/h1-8H,9-14H2,(H,20,25). The van der Waals surface area contributed by atoms with Gasteiger partial charge in [-0.1, -0.05) is 29.5 Å². The molecule has 2 heterocycles. The summed E-state index contributed by atoms with van der Waals surface area (Å²) in [5.41, 5.74) is 4.02. The van der Waals surface area contributed by atoms with E-state index in [2.05, 4.69) is 44.8 Å². The first-order valence-corrected chi connectivity index (χ1v) is 9.92. The van der Waals surface area contributed by atoms with E-state index >= 15 is 0 Å². The second kappa shape index (κ2) is 7.78. The molecule has 2 aromatic carbocycles. The second-order valence-electron chi connectivity index (χ2n) is 6.28. The fourth-order valence-corrected chi connectivity index (χ4v) is 3.98. The van der Waals surface area contributed by atoms with Crippen molar-refractivity contribution in [2.45, 2.75) is 13.1 Å². The lowest BCUT2D eigenvalue weighted by Crippen LogP contribution is -2.32. The Morgan fingerprint density at radius 3 is 2.65 bits per heavy atom. The number of rotatable bonds is 5. The van der Waals surface area contributed by atoms with Crippen LogP contribution in [0.2, 0.25) is 0 Å². The van der Waals surface area contributed by atoms with Crippen LogP contribution >= 0.6 is 11.8 Å². The number of anilines is 1. The Bertz CT molecular complexity index is 886. The zero-order valence-electron chi connectivity index (χ0n) is 14.5. The third-order valence-electron chi connectivity index (χ3n) is 4.52. The minimum atomic E-state index is -0.0715. The number of nitrogens with zero attached hydrogens (tertiary/aromatic N) is 4. The number of fused-ring (bicyclic) bond motifs is 1. The molecule has 6 nitrogen and oxygen atoms in total. The molecule has 1 fully saturated rings. The minimum Gasteiger partial charge on any atom is -0.370 e. The molecule has 1 aromatic heterocycles. The number of carbonyl (C=O) groups excluding carboxylic acids is 1. The van der Waals surface area contributed by atoms with Gasteiger partial charge in [-0.25, -0.2) is 4.68 Å². The van der Waals surface area contributed by atoms with Crippen LogP contribution in [0.4, 0.5) is 5.69 Å². The van der Waals surface area contributed by atoms with Crippen molar-refractivity contribution < 1.29 is 4.79 Å². The van der Waals surface area contributed by atoms with Crippen LogP contribution in [0.3, 0.4) is 0 Å². The van der Waals surface area contributed by atoms with Crippen molar-refractivity contribution in [3.05, 3.63) is 54.1 Å². The molecule has 1 amide bonds. The number of benzene rings is 2. The molecule has 134 valence electrons. The minimum absolute atomic E-state index is 0.0715. The highest BCUT2D eigenvalue weighted by atomic mass is 32.2. The maximum atomic E-state index is 12.2. The number of nitrogens with one attached hydrogen (secondary N) is 1. The summed E-state index contributed by atoms with van der Waals surface area (Å²) < 4.78 is 1.63. The number of amides is 1. The smallest absolute Gasteiger partial charge is 0.242 e. The van der Waals surface area contributed by atoms with Gasteiger partial charge in [-0.15, -0.1) is 5.10 Å². The molecule has 1 aliphatic rings. The van der Waals surface area contributed by atoms with Crippen molar-refractivity contribution in [2.75, 3.05) is 29.5 Å². The van der Waals surface area contributed by atoms with Crippen molar-refractivity contribution in [2.24, 2.45) is 0 Å². The average Bonchev–Trinajstić information content (AvgIpc) is 3.10. The Kier molecular flexibility index (Phi) is 5.06. The van der Waals surface area contributed by atoms with E-state index < -0.39 is 0 Å². The predicted octanol–water partition coefficient (Wildman–Crippen LogP) is 2.30. The van der Waals surface area contributed by atoms with Gasteiger partial charge in [0.25, 0.3) is 0 Å². The van der Waals surface area contributed by atoms with Crippen LogP contribution in [0.25, 0.3) is 11.0 Å². The van der Waals surface area contributed by atoms with Gasteiger partial charge < -0.3 is 10.2 Å². The molecular formula is C19H21N5OS. The van der Waals surface area contributed by atoms with Gasteiger partial charge in [-0.2, -0.15) is 11.8 Å². The molecule has 1 aliphatic heterocycles. The highest BCUT2D eigenvalue weighted by Gasteiger charge is 2.11. The predicted molar refractivity (Wildman–Crippen MR) is 105 cm³/mol. The zero-order valence-corrected chi connectivity index (χ0v) is 15.3. The zero-order chi connectivity index (χ0) is 17.8. The van der Waals surface area contributed by atoms with Gasteiger partial charge in [-0.05, 0) is 29.8 Å². The highest BCUT2D eigenvalue weighted by Crippen LogP contribution is 2.19. The van der Waals surface area contributed by atoms with E-state index in [1.165, 1.54) is 17.2 Å². The summed E-state index contributed by atoms with van der Waals surface area (Å²) in [5.74, 6) is 2.31. The van der Waals surface area contributed by atoms with Gasteiger partial charge in [-0.3, -0.25) is 4.79 Å². The lowest BCUT2D eigenvalue weighted by atomic mass is 10.2. The molecule has 1 saturated heterocycles. The third kappa shape index (κ3) is 3.83. The summed E-state index contributed by atoms with van der Waals surface area (Å²) in [5, 5.41) is 11.1. The number of para-hydroxylation sites is 1. The van der Waals surface area contributed by atoms with Crippen LogP contribution in [0.1, 0.15) is 5.56 Å². The highest BCUT2D eigenvalue weighted by molar-refractivity contribution is 7.99. The van der Waals surface area contributed by atoms with E-state index in [0.29, 0.717) is 6.54 Å². The van der Waals surface area contributed by atoms with E-state index in [9.17, 15) is 4.79 Å². The van der Waals surface area contributed by atoms with Gasteiger partial charge >= 0.3 is 0 Å². The molecule has 1 N–H and O–H groups in total. The first-order chi connectivity index (χ1) is 12.8. The van der Waals surface area contributed by atoms with Crippen molar-refractivity contribution >= 4 is 34.4 Å². The third-order valence-corrected chi connectivity index (χ3v) is 5.46. The van der Waals surface area contributed by atoms with E-state index in [4.69, 9.17) is 0 Å². The Morgan fingerprint density at radius 1 is 1.08 bits per heavy atom. The van der Waals surface area contributed by atoms with E-state index in [1.54, 1.807) is 4.68 Å². The first kappa shape index (κ1) is 16.9. The summed E-state index contributed by atoms with van der Waals surface area (Å²) in [4.78, 5) is 14.6. The molecular weight excluding hydrogens is 346 g/mol. The van der Waals surface area contributed by atoms with Crippen molar-refractivity contribution in [3.8, 4) is 0 Å². The monoisotopic (exact) mass is 367 g/mol. The van der Waals surface area contributed by atoms with Crippen molar-refractivity contribution in [1.82, 2.24) is 20.3 Å². The summed E-state index contributed by atoms with van der Waals surface area (Å²) in [6, 6.07) is 16.1. The Balaban J connectivity index is 1.32. The van der Waals surface area contributed by atoms with Crippen molar-refractivity contribution in [1.29, 1.82) is 0 Å². The number of aromatic nitrogens is 3. The topological polar surface area (TPSA) is 63.1 Å². The van der Waals surface area contributed by atoms with E-state index in [0.717, 1.165) is 29.7 Å². The number of hydrogen-bond donors (Lipinski definition) is 1. The molecule has 0 unspecified atom stereocenters. The number of carbonyl (C=O) groups is 1. The Labute approximate surface area is 156 Å². The number of thioether (sulfide) groups is 1. The maximum Gasteiger partial charge on any atom is 0.242 e. The van der Waals surface area contributed by atoms with Crippen LogP contribution in [-0.2, 0) is 17.9 Å². The summed E-state index contributed by atoms with van der Waals surface area (Å²) in [6.45, 7) is 2.89. The summed E-state index contributed by atoms with van der Waals surface area (Å²) >= 11 is 2.01. The van der Waals surface area contributed by atoms with Gasteiger partial charge in [0.05, 0.1) is 5.52 Å². The van der Waals surface area contributed by atoms with Crippen LogP contribution in [0.15, 0.2) is 48.5 Å². The summed E-state index contributed by atoms with van der Waals surface area (Å²) in [6.07, 6.45) is 0. The molecule has 0 atom stereocenters. The molecule has 4 rings (SSSR count). The average molecular weight is 367 g/mol. The lowest BCUT2D eigenvalue weighted by molar-refractivity contribution is -0.121. The Morgan fingerprint density at radius 2 is 1.85 bits per heavy atom. The number of hydrogen-bond acceptors (Lipinski definition) is 5. The second-order valence-corrected chi connectivity index (χ2v) is 7.50. The Hall–Kier alpha value is -2.54. The van der Waals surface area contributed by atoms with Crippen molar-refractivity contribution in [3.63, 3.8) is 0 Å². The quantitative estimate of drug-likeness (QED) is 0.750. The molecule has 3 aromatic rings. The van der Waals surface area contributed by atoms with Crippen LogP contribution in [0, 0.1) is 0 Å². The molecule has 0 aliphatic carbocycles. The molecule has 7 heteroatoms. The maximum absolute atomic E-state index is 12.2. The normalized spacial score (nSPS) is 14.5. The fourth-order valence-electron chi connectivity index (χ4n) is 3.07. The van der Waals surface area contributed by atoms with Crippen LogP contribution in [-0.4, -0.2) is 45.5 Å². The fraction of sp³-hybridized carbons (Fsp3) is 0.316. The van der Waals surface area contributed by atoms with Gasteiger partial charge in [0.1, 0.15) is 12.1 Å². The van der Waals surface area contributed by atoms with Crippen LogP contribution in [0.5, 0.6) is 0 Å². The van der Waals surface area contributed by atoms with Crippen LogP contribution < -0.4 is 10.2 Å². The van der Waals surface area contributed by atoms with Gasteiger partial charge in [0, 0.05) is 36.8 Å². The SMILES string of the molecule is O=C(Cn1nnc2ccccc21)NCc1ccc(N2CCSCC2)cc1. The molecule has 0 bridgehead atoms. The molecule has 0 radical (unpaired) electrons. The first-order valence-electron chi connectivity index (χ1n) is 8.76. The van der Waals surface area contributed by atoms with Gasteiger partial charge in [0.15, 0.2) is 0 Å². The molecule has 0 spiro atoms. The molecule has 0 saturated carbocycles. The summed E-state index contributed by atoms with van der Waals surface area (Å²) in [7, 11) is 0. The lowest BCUT2D eigenvalue weighted by Gasteiger charge is -2.28. The largest absolute Gasteiger partial charge is 0.370 e. The van der Waals surface area contributed by atoms with E-state index in [-0.39, 0.29) is 12.5 Å².